The van der Waals surface area contributed by atoms with Gasteiger partial charge in [-0.2, -0.15) is 0 Å². The van der Waals surface area contributed by atoms with Gasteiger partial charge in [0.2, 0.25) is 0 Å². The van der Waals surface area contributed by atoms with E-state index in [4.69, 9.17) is 0 Å². The van der Waals surface area contributed by atoms with E-state index >= 15 is 0 Å². The number of hydrogen-bond donors (Lipinski definition) is 1. The van der Waals surface area contributed by atoms with Crippen molar-refractivity contribution in [2.45, 2.75) is 46.6 Å². The highest BCUT2D eigenvalue weighted by atomic mass is 32.2. The summed E-state index contributed by atoms with van der Waals surface area (Å²) in [6.07, 6.45) is 4.74. The van der Waals surface area contributed by atoms with Crippen molar-refractivity contribution < 1.29 is 8.42 Å². The van der Waals surface area contributed by atoms with Crippen LogP contribution in [0.25, 0.3) is 0 Å². The first-order valence-corrected chi connectivity index (χ1v) is 8.78. The van der Waals surface area contributed by atoms with E-state index < -0.39 is 9.84 Å². The zero-order valence-electron chi connectivity index (χ0n) is 12.1. The number of nitrogens with one attached hydrogen (secondary N) is 1. The summed E-state index contributed by atoms with van der Waals surface area (Å²) in [5, 5.41) is 3.38. The van der Waals surface area contributed by atoms with Gasteiger partial charge >= 0.3 is 0 Å². The maximum absolute atomic E-state index is 11.5. The van der Waals surface area contributed by atoms with Crippen LogP contribution in [-0.2, 0) is 9.84 Å². The Kier molecular flexibility index (Phi) is 5.86. The van der Waals surface area contributed by atoms with E-state index in [9.17, 15) is 8.42 Å². The summed E-state index contributed by atoms with van der Waals surface area (Å²) in [5.41, 5.74) is 1.45. The number of sulfone groups is 1. The molecule has 0 amide bonds. The molecule has 0 aromatic heterocycles. The minimum Gasteiger partial charge on any atom is -0.313 e. The first-order valence-electron chi connectivity index (χ1n) is 6.96. The van der Waals surface area contributed by atoms with Crippen molar-refractivity contribution in [3.8, 4) is 0 Å². The molecule has 4 heteroatoms. The molecule has 0 spiro atoms. The lowest BCUT2D eigenvalue weighted by atomic mass is 9.80. The summed E-state index contributed by atoms with van der Waals surface area (Å²) < 4.78 is 23.1. The fourth-order valence-electron chi connectivity index (χ4n) is 2.62. The molecule has 3 nitrogen and oxygen atoms in total. The fraction of sp³-hybridized carbons (Fsp3) is 0.857. The van der Waals surface area contributed by atoms with Gasteiger partial charge in [0.25, 0.3) is 0 Å². The van der Waals surface area contributed by atoms with E-state index in [2.05, 4.69) is 25.2 Å². The van der Waals surface area contributed by atoms with Gasteiger partial charge in [0.05, 0.1) is 5.75 Å². The van der Waals surface area contributed by atoms with Crippen LogP contribution in [0, 0.1) is 11.8 Å². The highest BCUT2D eigenvalue weighted by Crippen LogP contribution is 2.29. The predicted molar refractivity (Wildman–Crippen MR) is 77.4 cm³/mol. The lowest BCUT2D eigenvalue weighted by Gasteiger charge is -2.30. The number of hydrogen-bond acceptors (Lipinski definition) is 3. The molecule has 0 saturated heterocycles. The molecule has 0 saturated carbocycles. The Hall–Kier alpha value is -0.350. The zero-order valence-corrected chi connectivity index (χ0v) is 12.9. The molecule has 0 aromatic carbocycles. The molecule has 0 bridgehead atoms. The Bertz CT molecular complexity index is 387. The van der Waals surface area contributed by atoms with Gasteiger partial charge in [0.1, 0.15) is 0 Å². The van der Waals surface area contributed by atoms with Crippen molar-refractivity contribution >= 4 is 9.84 Å². The Morgan fingerprint density at radius 2 is 2.17 bits per heavy atom. The van der Waals surface area contributed by atoms with Gasteiger partial charge in [-0.3, -0.25) is 0 Å². The van der Waals surface area contributed by atoms with Crippen LogP contribution in [0.2, 0.25) is 0 Å². The normalized spacial score (nSPS) is 26.8. The van der Waals surface area contributed by atoms with Crippen LogP contribution in [0.15, 0.2) is 11.6 Å². The monoisotopic (exact) mass is 273 g/mol. The standard InChI is InChI=1S/C14H27NO2S/c1-5-18(16,17)10-13(4)15-9-14-11(2)7-6-8-12(14)3/h7,12-15H,5-6,8-10H2,1-4H3/t12-,13+,14+/m1/s1. The first kappa shape index (κ1) is 15.7. The molecule has 0 aromatic rings. The fourth-order valence-corrected chi connectivity index (χ4v) is 3.74. The highest BCUT2D eigenvalue weighted by molar-refractivity contribution is 7.91. The van der Waals surface area contributed by atoms with Gasteiger partial charge in [-0.15, -0.1) is 0 Å². The molecule has 1 aliphatic rings. The minimum absolute atomic E-state index is 0.0388. The summed E-state index contributed by atoms with van der Waals surface area (Å²) in [6.45, 7) is 9.04. The van der Waals surface area contributed by atoms with Crippen LogP contribution >= 0.6 is 0 Å². The summed E-state index contributed by atoms with van der Waals surface area (Å²) in [6, 6.07) is 0.0388. The lowest BCUT2D eigenvalue weighted by Crippen LogP contribution is -2.39. The van der Waals surface area contributed by atoms with Gasteiger partial charge in [-0.05, 0) is 38.5 Å². The van der Waals surface area contributed by atoms with Crippen molar-refractivity contribution in [2.75, 3.05) is 18.1 Å². The van der Waals surface area contributed by atoms with E-state index in [1.807, 2.05) is 6.92 Å². The second-order valence-electron chi connectivity index (χ2n) is 5.62. The molecule has 0 fully saturated rings. The smallest absolute Gasteiger partial charge is 0.151 e. The molecule has 0 heterocycles. The van der Waals surface area contributed by atoms with E-state index in [1.54, 1.807) is 6.92 Å². The van der Waals surface area contributed by atoms with E-state index in [0.717, 1.165) is 6.54 Å². The van der Waals surface area contributed by atoms with Crippen molar-refractivity contribution in [3.63, 3.8) is 0 Å². The largest absolute Gasteiger partial charge is 0.313 e. The molecule has 18 heavy (non-hydrogen) atoms. The van der Waals surface area contributed by atoms with Crippen LogP contribution in [0.4, 0.5) is 0 Å². The van der Waals surface area contributed by atoms with Crippen LogP contribution < -0.4 is 5.32 Å². The van der Waals surface area contributed by atoms with E-state index in [1.165, 1.54) is 18.4 Å². The molecule has 106 valence electrons. The van der Waals surface area contributed by atoms with E-state index in [-0.39, 0.29) is 17.5 Å². The Morgan fingerprint density at radius 3 is 2.72 bits per heavy atom. The molecule has 3 atom stereocenters. The van der Waals surface area contributed by atoms with Gasteiger partial charge < -0.3 is 5.32 Å². The SMILES string of the molecule is CCS(=O)(=O)C[C@H](C)NC[C@H]1C(C)=CCC[C@H]1C. The second-order valence-corrected chi connectivity index (χ2v) is 8.02. The second kappa shape index (κ2) is 6.71. The van der Waals surface area contributed by atoms with Crippen LogP contribution in [-0.4, -0.2) is 32.5 Å². The van der Waals surface area contributed by atoms with Gasteiger partial charge in [-0.1, -0.05) is 25.5 Å². The quantitative estimate of drug-likeness (QED) is 0.756. The zero-order chi connectivity index (χ0) is 13.8. The van der Waals surface area contributed by atoms with Crippen molar-refractivity contribution in [1.29, 1.82) is 0 Å². The number of allylic oxidation sites excluding steroid dienone is 1. The number of rotatable bonds is 6. The molecule has 1 rings (SSSR count). The molecule has 1 aliphatic carbocycles. The van der Waals surface area contributed by atoms with Gasteiger partial charge in [0.15, 0.2) is 9.84 Å². The molecular formula is C14H27NO2S. The molecule has 0 aliphatic heterocycles. The highest BCUT2D eigenvalue weighted by Gasteiger charge is 2.23. The lowest BCUT2D eigenvalue weighted by molar-refractivity contribution is 0.342. The third-order valence-corrected chi connectivity index (χ3v) is 5.88. The summed E-state index contributed by atoms with van der Waals surface area (Å²) in [7, 11) is -2.88. The van der Waals surface area contributed by atoms with Crippen molar-refractivity contribution in [3.05, 3.63) is 11.6 Å². The predicted octanol–water partition coefficient (Wildman–Crippen LogP) is 2.39. The average Bonchev–Trinajstić information content (AvgIpc) is 2.28. The summed E-state index contributed by atoms with van der Waals surface area (Å²) in [4.78, 5) is 0. The molecular weight excluding hydrogens is 246 g/mol. The van der Waals surface area contributed by atoms with Crippen molar-refractivity contribution in [1.82, 2.24) is 5.32 Å². The maximum Gasteiger partial charge on any atom is 0.151 e. The maximum atomic E-state index is 11.5. The topological polar surface area (TPSA) is 46.2 Å². The average molecular weight is 273 g/mol. The molecule has 0 unspecified atom stereocenters. The van der Waals surface area contributed by atoms with Crippen LogP contribution in [0.1, 0.15) is 40.5 Å². The summed E-state index contributed by atoms with van der Waals surface area (Å²) >= 11 is 0. The Balaban J connectivity index is 2.45. The Morgan fingerprint density at radius 1 is 1.50 bits per heavy atom. The van der Waals surface area contributed by atoms with Crippen molar-refractivity contribution in [2.24, 2.45) is 11.8 Å². The summed E-state index contributed by atoms with van der Waals surface area (Å²) in [5.74, 6) is 1.73. The first-order chi connectivity index (χ1) is 8.35. The third-order valence-electron chi connectivity index (χ3n) is 3.99. The Labute approximate surface area is 112 Å². The van der Waals surface area contributed by atoms with E-state index in [0.29, 0.717) is 11.8 Å². The molecule has 1 N–H and O–H groups in total. The minimum atomic E-state index is -2.88. The van der Waals surface area contributed by atoms with Gasteiger partial charge in [-0.25, -0.2) is 8.42 Å². The van der Waals surface area contributed by atoms with Crippen LogP contribution in [0.5, 0.6) is 0 Å². The molecule has 0 radical (unpaired) electrons. The van der Waals surface area contributed by atoms with Gasteiger partial charge in [0, 0.05) is 18.3 Å². The third kappa shape index (κ3) is 4.73. The van der Waals surface area contributed by atoms with Crippen LogP contribution in [0.3, 0.4) is 0 Å².